The Hall–Kier alpha value is -2.04. The molecule has 1 aliphatic rings. The summed E-state index contributed by atoms with van der Waals surface area (Å²) in [5.74, 6) is 1.27. The fraction of sp³-hybridized carbons (Fsp3) is 0.467. The van der Waals surface area contributed by atoms with Gasteiger partial charge in [-0.15, -0.1) is 0 Å². The highest BCUT2D eigenvalue weighted by molar-refractivity contribution is 5.91. The second kappa shape index (κ2) is 5.15. The van der Waals surface area contributed by atoms with Gasteiger partial charge in [0.2, 0.25) is 5.76 Å². The monoisotopic (exact) mass is 274 g/mol. The van der Waals surface area contributed by atoms with Gasteiger partial charge >= 0.3 is 0 Å². The van der Waals surface area contributed by atoms with Crippen LogP contribution in [-0.4, -0.2) is 11.1 Å². The lowest BCUT2D eigenvalue weighted by Gasteiger charge is -2.22. The average molecular weight is 274 g/mol. The number of carbonyl (C=O) groups is 1. The summed E-state index contributed by atoms with van der Waals surface area (Å²) >= 11 is 0. The third kappa shape index (κ3) is 2.35. The molecule has 0 radical (unpaired) electrons. The summed E-state index contributed by atoms with van der Waals surface area (Å²) in [4.78, 5) is 12.2. The predicted molar refractivity (Wildman–Crippen MR) is 72.4 cm³/mol. The quantitative estimate of drug-likeness (QED) is 0.933. The van der Waals surface area contributed by atoms with Gasteiger partial charge in [-0.1, -0.05) is 19.0 Å². The molecule has 3 rings (SSSR count). The van der Waals surface area contributed by atoms with E-state index in [9.17, 15) is 4.79 Å². The number of nitrogens with one attached hydrogen (secondary N) is 1. The van der Waals surface area contributed by atoms with Gasteiger partial charge < -0.3 is 14.3 Å². The van der Waals surface area contributed by atoms with Gasteiger partial charge in [0.1, 0.15) is 5.76 Å². The molecule has 1 N–H and O–H groups in total. The van der Waals surface area contributed by atoms with E-state index in [4.69, 9.17) is 8.94 Å². The lowest BCUT2D eigenvalue weighted by atomic mass is 9.93. The number of furan rings is 1. The molecule has 2 aromatic rings. The van der Waals surface area contributed by atoms with Crippen LogP contribution in [0.2, 0.25) is 0 Å². The van der Waals surface area contributed by atoms with Gasteiger partial charge in [0, 0.05) is 18.1 Å². The van der Waals surface area contributed by atoms with Crippen molar-refractivity contribution < 1.29 is 13.7 Å². The topological polar surface area (TPSA) is 68.3 Å². The summed E-state index contributed by atoms with van der Waals surface area (Å²) in [6.07, 6.45) is 4.55. The largest absolute Gasteiger partial charge is 0.469 e. The van der Waals surface area contributed by atoms with Crippen molar-refractivity contribution in [3.63, 3.8) is 0 Å². The fourth-order valence-electron chi connectivity index (χ4n) is 2.53. The number of nitrogens with zero attached hydrogens (tertiary/aromatic N) is 1. The van der Waals surface area contributed by atoms with Crippen molar-refractivity contribution in [2.45, 2.75) is 45.1 Å². The van der Waals surface area contributed by atoms with Gasteiger partial charge in [0.25, 0.3) is 5.91 Å². The zero-order valence-electron chi connectivity index (χ0n) is 11.7. The number of amides is 1. The highest BCUT2D eigenvalue weighted by Crippen LogP contribution is 2.30. The zero-order valence-corrected chi connectivity index (χ0v) is 11.7. The molecule has 5 nitrogen and oxygen atoms in total. The molecule has 2 heterocycles. The molecule has 0 aliphatic heterocycles. The number of hydrogen-bond acceptors (Lipinski definition) is 4. The van der Waals surface area contributed by atoms with E-state index < -0.39 is 0 Å². The Morgan fingerprint density at radius 1 is 1.50 bits per heavy atom. The van der Waals surface area contributed by atoms with E-state index in [1.165, 1.54) is 0 Å². The molecule has 0 saturated carbocycles. The highest BCUT2D eigenvalue weighted by Gasteiger charge is 2.25. The van der Waals surface area contributed by atoms with Crippen LogP contribution in [0.4, 0.5) is 0 Å². The minimum Gasteiger partial charge on any atom is -0.469 e. The van der Waals surface area contributed by atoms with Gasteiger partial charge in [-0.25, -0.2) is 0 Å². The molecule has 1 amide bonds. The zero-order chi connectivity index (χ0) is 14.1. The van der Waals surface area contributed by atoms with Crippen LogP contribution in [0.5, 0.6) is 0 Å². The first-order chi connectivity index (χ1) is 9.65. The van der Waals surface area contributed by atoms with E-state index in [0.717, 1.165) is 36.3 Å². The Bertz CT molecular complexity index is 612. The minimum absolute atomic E-state index is 0.00222. The summed E-state index contributed by atoms with van der Waals surface area (Å²) in [5.41, 5.74) is 1.87. The summed E-state index contributed by atoms with van der Waals surface area (Å²) in [5, 5.41) is 6.91. The van der Waals surface area contributed by atoms with Crippen molar-refractivity contribution >= 4 is 5.91 Å². The van der Waals surface area contributed by atoms with E-state index in [1.807, 2.05) is 19.9 Å². The molecule has 0 bridgehead atoms. The molecular weight excluding hydrogens is 256 g/mol. The van der Waals surface area contributed by atoms with Crippen LogP contribution < -0.4 is 5.32 Å². The first kappa shape index (κ1) is 13.0. The van der Waals surface area contributed by atoms with E-state index in [2.05, 4.69) is 10.5 Å². The van der Waals surface area contributed by atoms with Gasteiger partial charge in [-0.05, 0) is 24.8 Å². The van der Waals surface area contributed by atoms with E-state index in [-0.39, 0.29) is 23.6 Å². The smallest absolute Gasteiger partial charge is 0.290 e. The maximum absolute atomic E-state index is 12.2. The maximum atomic E-state index is 12.2. The molecule has 1 aliphatic carbocycles. The molecular formula is C15H18N2O3. The van der Waals surface area contributed by atoms with Crippen LogP contribution >= 0.6 is 0 Å². The number of hydrogen-bond donors (Lipinski definition) is 1. The van der Waals surface area contributed by atoms with Crippen LogP contribution in [0.3, 0.4) is 0 Å². The third-order valence-corrected chi connectivity index (χ3v) is 3.70. The van der Waals surface area contributed by atoms with Crippen LogP contribution in [0.25, 0.3) is 0 Å². The lowest BCUT2D eigenvalue weighted by Crippen LogP contribution is -2.30. The van der Waals surface area contributed by atoms with Gasteiger partial charge in [-0.3, -0.25) is 4.79 Å². The summed E-state index contributed by atoms with van der Waals surface area (Å²) < 4.78 is 10.5. The predicted octanol–water partition coefficient (Wildman–Crippen LogP) is 3.20. The van der Waals surface area contributed by atoms with Crippen LogP contribution in [0, 0.1) is 0 Å². The number of aromatic nitrogens is 1. The van der Waals surface area contributed by atoms with E-state index in [1.54, 1.807) is 12.3 Å². The van der Waals surface area contributed by atoms with Crippen molar-refractivity contribution in [2.75, 3.05) is 0 Å². The average Bonchev–Trinajstić information content (AvgIpc) is 3.08. The summed E-state index contributed by atoms with van der Waals surface area (Å²) in [6, 6.07) is 3.64. The standard InChI is InChI=1S/C15H18N2O3/c1-9(2)12-8-14(20-17-12)15(18)16-11-4-3-5-13-10(11)6-7-19-13/h6-9,11H,3-5H2,1-2H3,(H,16,18). The van der Waals surface area contributed by atoms with Gasteiger partial charge in [-0.2, -0.15) is 0 Å². The number of rotatable bonds is 3. The Morgan fingerprint density at radius 3 is 3.10 bits per heavy atom. The molecule has 2 aromatic heterocycles. The van der Waals surface area contributed by atoms with Gasteiger partial charge in [0.05, 0.1) is 18.0 Å². The van der Waals surface area contributed by atoms with Gasteiger partial charge in [0.15, 0.2) is 0 Å². The first-order valence-corrected chi connectivity index (χ1v) is 6.99. The minimum atomic E-state index is -0.219. The van der Waals surface area contributed by atoms with E-state index >= 15 is 0 Å². The molecule has 0 fully saturated rings. The van der Waals surface area contributed by atoms with Crippen LogP contribution in [-0.2, 0) is 6.42 Å². The second-order valence-corrected chi connectivity index (χ2v) is 5.49. The molecule has 106 valence electrons. The Labute approximate surface area is 117 Å². The number of carbonyl (C=O) groups excluding carboxylic acids is 1. The molecule has 0 aromatic carbocycles. The molecule has 0 spiro atoms. The lowest BCUT2D eigenvalue weighted by molar-refractivity contribution is 0.0894. The number of fused-ring (bicyclic) bond motifs is 1. The SMILES string of the molecule is CC(C)c1cc(C(=O)NC2CCCc3occc32)on1. The molecule has 20 heavy (non-hydrogen) atoms. The van der Waals surface area contributed by atoms with Crippen molar-refractivity contribution in [1.82, 2.24) is 10.5 Å². The maximum Gasteiger partial charge on any atom is 0.290 e. The first-order valence-electron chi connectivity index (χ1n) is 6.99. The number of aryl methyl sites for hydroxylation is 1. The summed E-state index contributed by atoms with van der Waals surface area (Å²) in [6.45, 7) is 4.02. The molecule has 0 saturated heterocycles. The Kier molecular flexibility index (Phi) is 3.34. The Balaban J connectivity index is 1.74. The van der Waals surface area contributed by atoms with E-state index in [0.29, 0.717) is 0 Å². The molecule has 1 unspecified atom stereocenters. The molecule has 5 heteroatoms. The van der Waals surface area contributed by atoms with Crippen LogP contribution in [0.15, 0.2) is 27.3 Å². The second-order valence-electron chi connectivity index (χ2n) is 5.49. The van der Waals surface area contributed by atoms with Crippen molar-refractivity contribution in [1.29, 1.82) is 0 Å². The fourth-order valence-corrected chi connectivity index (χ4v) is 2.53. The van der Waals surface area contributed by atoms with Crippen molar-refractivity contribution in [3.05, 3.63) is 41.2 Å². The van der Waals surface area contributed by atoms with Crippen molar-refractivity contribution in [2.24, 2.45) is 0 Å². The summed E-state index contributed by atoms with van der Waals surface area (Å²) in [7, 11) is 0. The Morgan fingerprint density at radius 2 is 2.35 bits per heavy atom. The van der Waals surface area contributed by atoms with Crippen LogP contribution in [0.1, 0.15) is 66.2 Å². The van der Waals surface area contributed by atoms with Crippen molar-refractivity contribution in [3.8, 4) is 0 Å². The highest BCUT2D eigenvalue weighted by atomic mass is 16.5. The normalized spacial score (nSPS) is 18.1. The third-order valence-electron chi connectivity index (χ3n) is 3.70. The molecule has 1 atom stereocenters.